The van der Waals surface area contributed by atoms with Crippen LogP contribution in [0.25, 0.3) is 0 Å². The first-order valence-corrected chi connectivity index (χ1v) is 6.42. The molecule has 1 unspecified atom stereocenters. The van der Waals surface area contributed by atoms with E-state index in [-0.39, 0.29) is 17.3 Å². The van der Waals surface area contributed by atoms with Gasteiger partial charge in [-0.25, -0.2) is 4.39 Å². The highest BCUT2D eigenvalue weighted by Crippen LogP contribution is 2.36. The molecule has 96 valence electrons. The van der Waals surface area contributed by atoms with E-state index in [2.05, 4.69) is 33.0 Å². The third kappa shape index (κ3) is 3.97. The van der Waals surface area contributed by atoms with Crippen LogP contribution in [0.2, 0.25) is 5.02 Å². The summed E-state index contributed by atoms with van der Waals surface area (Å²) < 4.78 is 13.3. The summed E-state index contributed by atoms with van der Waals surface area (Å²) in [4.78, 5) is 0. The Bertz CT molecular complexity index is 371. The lowest BCUT2D eigenvalue weighted by molar-refractivity contribution is 0.273. The summed E-state index contributed by atoms with van der Waals surface area (Å²) in [6, 6.07) is 4.61. The normalized spacial score (nSPS) is 13.8. The number of nitrogens with one attached hydrogen (secondary N) is 1. The minimum Gasteiger partial charge on any atom is -0.309 e. The quantitative estimate of drug-likeness (QED) is 0.833. The van der Waals surface area contributed by atoms with Crippen molar-refractivity contribution < 1.29 is 4.39 Å². The zero-order valence-corrected chi connectivity index (χ0v) is 11.7. The van der Waals surface area contributed by atoms with Gasteiger partial charge < -0.3 is 5.32 Å². The Hall–Kier alpha value is -0.600. The van der Waals surface area contributed by atoms with E-state index in [4.69, 9.17) is 11.6 Å². The number of hydrogen-bond donors (Lipinski definition) is 1. The van der Waals surface area contributed by atoms with Gasteiger partial charge in [0.1, 0.15) is 5.82 Å². The summed E-state index contributed by atoms with van der Waals surface area (Å²) in [5.74, 6) is -0.239. The van der Waals surface area contributed by atoms with Gasteiger partial charge in [0.25, 0.3) is 0 Å². The Morgan fingerprint density at radius 2 is 2.00 bits per heavy atom. The molecule has 0 bridgehead atoms. The van der Waals surface area contributed by atoms with Crippen molar-refractivity contribution in [2.75, 3.05) is 6.54 Å². The van der Waals surface area contributed by atoms with Crippen LogP contribution in [-0.2, 0) is 0 Å². The lowest BCUT2D eigenvalue weighted by Gasteiger charge is -2.32. The largest absolute Gasteiger partial charge is 0.309 e. The number of halogens is 2. The zero-order valence-electron chi connectivity index (χ0n) is 11.0. The van der Waals surface area contributed by atoms with Crippen molar-refractivity contribution in [3.05, 3.63) is 34.6 Å². The van der Waals surface area contributed by atoms with Crippen molar-refractivity contribution in [1.29, 1.82) is 0 Å². The molecule has 0 spiro atoms. The molecule has 3 heteroatoms. The van der Waals surface area contributed by atoms with Gasteiger partial charge in [0.05, 0.1) is 0 Å². The van der Waals surface area contributed by atoms with Gasteiger partial charge in [-0.3, -0.25) is 0 Å². The third-order valence-electron chi connectivity index (χ3n) is 2.73. The molecule has 1 N–H and O–H groups in total. The smallest absolute Gasteiger partial charge is 0.123 e. The molecule has 0 saturated heterocycles. The summed E-state index contributed by atoms with van der Waals surface area (Å²) in [5.41, 5.74) is 0.833. The van der Waals surface area contributed by atoms with Gasteiger partial charge in [-0.2, -0.15) is 0 Å². The van der Waals surface area contributed by atoms with E-state index in [0.29, 0.717) is 5.02 Å². The number of benzene rings is 1. The predicted molar refractivity (Wildman–Crippen MR) is 71.9 cm³/mol. The van der Waals surface area contributed by atoms with Crippen LogP contribution in [-0.4, -0.2) is 6.54 Å². The van der Waals surface area contributed by atoms with Gasteiger partial charge in [0.15, 0.2) is 0 Å². The molecule has 0 aromatic heterocycles. The summed E-state index contributed by atoms with van der Waals surface area (Å²) in [7, 11) is 0. The van der Waals surface area contributed by atoms with Gasteiger partial charge in [-0.15, -0.1) is 0 Å². The van der Waals surface area contributed by atoms with Crippen LogP contribution < -0.4 is 5.32 Å². The maximum atomic E-state index is 13.3. The van der Waals surface area contributed by atoms with Gasteiger partial charge in [0, 0.05) is 11.1 Å². The van der Waals surface area contributed by atoms with Crippen molar-refractivity contribution >= 4 is 11.6 Å². The Balaban J connectivity index is 3.08. The fraction of sp³-hybridized carbons (Fsp3) is 0.571. The first-order valence-electron chi connectivity index (χ1n) is 6.04. The van der Waals surface area contributed by atoms with E-state index in [1.54, 1.807) is 6.07 Å². The summed E-state index contributed by atoms with van der Waals surface area (Å²) in [5, 5.41) is 4.06. The third-order valence-corrected chi connectivity index (χ3v) is 3.08. The fourth-order valence-corrected chi connectivity index (χ4v) is 2.13. The van der Waals surface area contributed by atoms with Gasteiger partial charge in [-0.1, -0.05) is 39.3 Å². The molecule has 0 heterocycles. The van der Waals surface area contributed by atoms with Crippen molar-refractivity contribution in [3.63, 3.8) is 0 Å². The number of hydrogen-bond acceptors (Lipinski definition) is 1. The van der Waals surface area contributed by atoms with Crippen LogP contribution in [0.5, 0.6) is 0 Å². The standard InChI is InChI=1S/C14H21ClFN/c1-5-8-17-13(14(2,3)4)11-9-10(16)6-7-12(11)15/h6-7,9,13,17H,5,8H2,1-4H3. The topological polar surface area (TPSA) is 12.0 Å². The maximum absolute atomic E-state index is 13.3. The van der Waals surface area contributed by atoms with E-state index < -0.39 is 0 Å². The molecule has 1 aromatic carbocycles. The Morgan fingerprint density at radius 3 is 2.53 bits per heavy atom. The molecular weight excluding hydrogens is 237 g/mol. The Labute approximate surface area is 108 Å². The molecule has 0 aliphatic carbocycles. The Kier molecular flexibility index (Phi) is 4.96. The van der Waals surface area contributed by atoms with Crippen molar-refractivity contribution in [3.8, 4) is 0 Å². The molecule has 0 radical (unpaired) electrons. The SMILES string of the molecule is CCCNC(c1cc(F)ccc1Cl)C(C)(C)C. The van der Waals surface area contributed by atoms with Gasteiger partial charge >= 0.3 is 0 Å². The summed E-state index contributed by atoms with van der Waals surface area (Å²) in [6.07, 6.45) is 1.04. The molecule has 1 nitrogen and oxygen atoms in total. The molecule has 0 aliphatic heterocycles. The molecule has 17 heavy (non-hydrogen) atoms. The van der Waals surface area contributed by atoms with Gasteiger partial charge in [-0.05, 0) is 42.1 Å². The molecule has 1 aromatic rings. The molecule has 0 amide bonds. The van der Waals surface area contributed by atoms with E-state index in [1.807, 2.05) is 0 Å². The van der Waals surface area contributed by atoms with Crippen LogP contribution in [0.3, 0.4) is 0 Å². The Morgan fingerprint density at radius 1 is 1.35 bits per heavy atom. The second-order valence-electron chi connectivity index (χ2n) is 5.42. The molecule has 0 saturated carbocycles. The van der Waals surface area contributed by atoms with E-state index in [9.17, 15) is 4.39 Å². The predicted octanol–water partition coefficient (Wildman–Crippen LogP) is 4.57. The first-order chi connectivity index (χ1) is 7.86. The van der Waals surface area contributed by atoms with Crippen LogP contribution in [0.4, 0.5) is 4.39 Å². The highest BCUT2D eigenvalue weighted by molar-refractivity contribution is 6.31. The summed E-state index contributed by atoms with van der Waals surface area (Å²) in [6.45, 7) is 9.39. The van der Waals surface area contributed by atoms with Crippen LogP contribution in [0.15, 0.2) is 18.2 Å². The highest BCUT2D eigenvalue weighted by atomic mass is 35.5. The van der Waals surface area contributed by atoms with Crippen LogP contribution in [0, 0.1) is 11.2 Å². The first kappa shape index (κ1) is 14.5. The van der Waals surface area contributed by atoms with E-state index in [1.165, 1.54) is 12.1 Å². The minimum absolute atomic E-state index is 0.00734. The van der Waals surface area contributed by atoms with E-state index in [0.717, 1.165) is 18.5 Å². The molecule has 0 fully saturated rings. The lowest BCUT2D eigenvalue weighted by Crippen LogP contribution is -2.33. The second-order valence-corrected chi connectivity index (χ2v) is 5.83. The lowest BCUT2D eigenvalue weighted by atomic mass is 9.82. The molecule has 0 aliphatic rings. The van der Waals surface area contributed by atoms with Crippen LogP contribution >= 0.6 is 11.6 Å². The average Bonchev–Trinajstić information content (AvgIpc) is 2.21. The average molecular weight is 258 g/mol. The highest BCUT2D eigenvalue weighted by Gasteiger charge is 2.27. The second kappa shape index (κ2) is 5.83. The minimum atomic E-state index is -0.239. The van der Waals surface area contributed by atoms with Gasteiger partial charge in [0.2, 0.25) is 0 Å². The van der Waals surface area contributed by atoms with Crippen molar-refractivity contribution in [1.82, 2.24) is 5.32 Å². The maximum Gasteiger partial charge on any atom is 0.123 e. The van der Waals surface area contributed by atoms with Crippen molar-refractivity contribution in [2.45, 2.75) is 40.2 Å². The van der Waals surface area contributed by atoms with Crippen LogP contribution in [0.1, 0.15) is 45.7 Å². The monoisotopic (exact) mass is 257 g/mol. The van der Waals surface area contributed by atoms with E-state index >= 15 is 0 Å². The molecular formula is C14H21ClFN. The fourth-order valence-electron chi connectivity index (χ4n) is 1.91. The summed E-state index contributed by atoms with van der Waals surface area (Å²) >= 11 is 6.17. The zero-order chi connectivity index (χ0) is 13.1. The molecule has 1 rings (SSSR count). The molecule has 1 atom stereocenters. The van der Waals surface area contributed by atoms with Crippen molar-refractivity contribution in [2.24, 2.45) is 5.41 Å². The number of rotatable bonds is 4.